The highest BCUT2D eigenvalue weighted by atomic mass is 32.2. The Morgan fingerprint density at radius 1 is 1.62 bits per heavy atom. The number of rotatable bonds is 4. The normalized spacial score (nSPS) is 9.92. The van der Waals surface area contributed by atoms with Gasteiger partial charge in [-0.2, -0.15) is 0 Å². The third-order valence-electron chi connectivity index (χ3n) is 1.50. The van der Waals surface area contributed by atoms with E-state index in [4.69, 9.17) is 11.1 Å². The molecule has 0 amide bonds. The number of thioether (sulfide) groups is 1. The fraction of sp³-hybridized carbons (Fsp3) is 0.333. The molecule has 0 aromatic carbocycles. The van der Waals surface area contributed by atoms with Crippen LogP contribution in [0, 0.1) is 5.41 Å². The number of nitrogens with two attached hydrogens (primary N) is 1. The summed E-state index contributed by atoms with van der Waals surface area (Å²) in [4.78, 5) is 4.18. The Morgan fingerprint density at radius 3 is 2.85 bits per heavy atom. The molecule has 3 N–H and O–H groups in total. The van der Waals surface area contributed by atoms with E-state index in [2.05, 4.69) is 11.9 Å². The molecule has 0 atom stereocenters. The molecule has 1 rings (SSSR count). The van der Waals surface area contributed by atoms with Gasteiger partial charge in [0, 0.05) is 11.8 Å². The molecule has 0 aliphatic rings. The standard InChI is InChI=1S/C9H13N3S/c1-2-5-13-8-4-3-7(6-12-8)9(10)11/h3-4,6H,2,5H2,1H3,(H3,10,11). The van der Waals surface area contributed by atoms with Gasteiger partial charge in [0.15, 0.2) is 0 Å². The molecule has 0 saturated heterocycles. The lowest BCUT2D eigenvalue weighted by Gasteiger charge is -2.00. The molecule has 0 aliphatic heterocycles. The van der Waals surface area contributed by atoms with E-state index < -0.39 is 0 Å². The van der Waals surface area contributed by atoms with Crippen LogP contribution in [0.25, 0.3) is 0 Å². The molecule has 70 valence electrons. The van der Waals surface area contributed by atoms with Crippen LogP contribution in [0.1, 0.15) is 18.9 Å². The molecule has 0 spiro atoms. The summed E-state index contributed by atoms with van der Waals surface area (Å²) in [5.41, 5.74) is 5.98. The van der Waals surface area contributed by atoms with Crippen LogP contribution in [-0.4, -0.2) is 16.6 Å². The smallest absolute Gasteiger partial charge is 0.124 e. The van der Waals surface area contributed by atoms with Crippen molar-refractivity contribution >= 4 is 17.6 Å². The summed E-state index contributed by atoms with van der Waals surface area (Å²) in [6.07, 6.45) is 2.78. The van der Waals surface area contributed by atoms with E-state index in [1.165, 1.54) is 0 Å². The van der Waals surface area contributed by atoms with Gasteiger partial charge >= 0.3 is 0 Å². The second-order valence-electron chi connectivity index (χ2n) is 2.65. The van der Waals surface area contributed by atoms with Gasteiger partial charge < -0.3 is 5.73 Å². The van der Waals surface area contributed by atoms with E-state index in [-0.39, 0.29) is 5.84 Å². The molecule has 1 aromatic rings. The van der Waals surface area contributed by atoms with Gasteiger partial charge in [-0.1, -0.05) is 6.92 Å². The van der Waals surface area contributed by atoms with Gasteiger partial charge in [-0.25, -0.2) is 4.98 Å². The number of amidine groups is 1. The summed E-state index contributed by atoms with van der Waals surface area (Å²) in [6, 6.07) is 3.73. The Bertz CT molecular complexity index is 281. The highest BCUT2D eigenvalue weighted by molar-refractivity contribution is 7.99. The van der Waals surface area contributed by atoms with Crippen molar-refractivity contribution in [3.63, 3.8) is 0 Å². The molecule has 3 nitrogen and oxygen atoms in total. The van der Waals surface area contributed by atoms with Crippen LogP contribution in [0.3, 0.4) is 0 Å². The van der Waals surface area contributed by atoms with Crippen LogP contribution in [0.2, 0.25) is 0 Å². The first-order valence-corrected chi connectivity index (χ1v) is 5.16. The number of nitrogen functional groups attached to an aromatic ring is 1. The van der Waals surface area contributed by atoms with Crippen molar-refractivity contribution in [1.29, 1.82) is 5.41 Å². The first-order valence-electron chi connectivity index (χ1n) is 4.17. The fourth-order valence-corrected chi connectivity index (χ4v) is 1.54. The number of hydrogen-bond acceptors (Lipinski definition) is 3. The third-order valence-corrected chi connectivity index (χ3v) is 2.65. The summed E-state index contributed by atoms with van der Waals surface area (Å²) in [6.45, 7) is 2.14. The minimum atomic E-state index is 0.0690. The number of aromatic nitrogens is 1. The average Bonchev–Trinajstić information content (AvgIpc) is 2.15. The Morgan fingerprint density at radius 2 is 2.38 bits per heavy atom. The van der Waals surface area contributed by atoms with E-state index in [9.17, 15) is 0 Å². The summed E-state index contributed by atoms with van der Waals surface area (Å²) in [7, 11) is 0. The van der Waals surface area contributed by atoms with E-state index in [0.29, 0.717) is 5.56 Å². The van der Waals surface area contributed by atoms with Gasteiger partial charge in [0.1, 0.15) is 5.84 Å². The highest BCUT2D eigenvalue weighted by Crippen LogP contribution is 2.15. The molecule has 4 heteroatoms. The van der Waals surface area contributed by atoms with Gasteiger partial charge in [0.05, 0.1) is 5.03 Å². The Labute approximate surface area is 82.3 Å². The lowest BCUT2D eigenvalue weighted by molar-refractivity contribution is 1.08. The van der Waals surface area contributed by atoms with E-state index in [1.54, 1.807) is 18.0 Å². The third kappa shape index (κ3) is 3.06. The molecular formula is C9H13N3S. The summed E-state index contributed by atoms with van der Waals surface area (Å²) in [5.74, 6) is 1.14. The molecular weight excluding hydrogens is 182 g/mol. The second-order valence-corrected chi connectivity index (χ2v) is 3.76. The van der Waals surface area contributed by atoms with E-state index in [0.717, 1.165) is 17.2 Å². The van der Waals surface area contributed by atoms with Crippen molar-refractivity contribution in [2.45, 2.75) is 18.4 Å². The van der Waals surface area contributed by atoms with E-state index in [1.807, 2.05) is 12.1 Å². The number of pyridine rings is 1. The van der Waals surface area contributed by atoms with Crippen molar-refractivity contribution in [2.75, 3.05) is 5.75 Å². The molecule has 1 aromatic heterocycles. The van der Waals surface area contributed by atoms with Crippen molar-refractivity contribution in [3.8, 4) is 0 Å². The van der Waals surface area contributed by atoms with Gasteiger partial charge in [-0.3, -0.25) is 5.41 Å². The van der Waals surface area contributed by atoms with Crippen molar-refractivity contribution in [3.05, 3.63) is 23.9 Å². The zero-order chi connectivity index (χ0) is 9.68. The monoisotopic (exact) mass is 195 g/mol. The van der Waals surface area contributed by atoms with Gasteiger partial charge in [0.25, 0.3) is 0 Å². The van der Waals surface area contributed by atoms with Gasteiger partial charge in [-0.05, 0) is 24.3 Å². The Kier molecular flexibility index (Phi) is 3.76. The van der Waals surface area contributed by atoms with Crippen LogP contribution in [0.15, 0.2) is 23.4 Å². The largest absolute Gasteiger partial charge is 0.384 e. The van der Waals surface area contributed by atoms with Crippen LogP contribution in [-0.2, 0) is 0 Å². The van der Waals surface area contributed by atoms with Crippen molar-refractivity contribution in [1.82, 2.24) is 4.98 Å². The molecule has 0 aliphatic carbocycles. The number of hydrogen-bond donors (Lipinski definition) is 2. The molecule has 0 unspecified atom stereocenters. The Hall–Kier alpha value is -1.03. The molecule has 0 radical (unpaired) electrons. The first-order chi connectivity index (χ1) is 6.24. The van der Waals surface area contributed by atoms with Gasteiger partial charge in [0.2, 0.25) is 0 Å². The predicted molar refractivity (Wildman–Crippen MR) is 56.3 cm³/mol. The SMILES string of the molecule is CCCSc1ccc(C(=N)N)cn1. The van der Waals surface area contributed by atoms with Gasteiger partial charge in [-0.15, -0.1) is 11.8 Å². The minimum Gasteiger partial charge on any atom is -0.384 e. The molecule has 1 heterocycles. The first kappa shape index (κ1) is 10.1. The maximum Gasteiger partial charge on any atom is 0.124 e. The van der Waals surface area contributed by atoms with Crippen LogP contribution in [0.4, 0.5) is 0 Å². The lowest BCUT2D eigenvalue weighted by atomic mass is 10.3. The summed E-state index contributed by atoms with van der Waals surface area (Å²) in [5, 5.41) is 8.17. The van der Waals surface area contributed by atoms with Crippen LogP contribution in [0.5, 0.6) is 0 Å². The van der Waals surface area contributed by atoms with E-state index >= 15 is 0 Å². The topological polar surface area (TPSA) is 62.8 Å². The van der Waals surface area contributed by atoms with Crippen molar-refractivity contribution < 1.29 is 0 Å². The quantitative estimate of drug-likeness (QED) is 0.438. The zero-order valence-electron chi connectivity index (χ0n) is 7.58. The second kappa shape index (κ2) is 4.87. The molecule has 0 bridgehead atoms. The average molecular weight is 195 g/mol. The molecule has 0 saturated carbocycles. The fourth-order valence-electron chi connectivity index (χ4n) is 0.832. The number of nitrogens with zero attached hydrogens (tertiary/aromatic N) is 1. The highest BCUT2D eigenvalue weighted by Gasteiger charge is 1.97. The Balaban J connectivity index is 2.64. The minimum absolute atomic E-state index is 0.0690. The number of nitrogens with one attached hydrogen (secondary N) is 1. The molecule has 13 heavy (non-hydrogen) atoms. The van der Waals surface area contributed by atoms with Crippen molar-refractivity contribution in [2.24, 2.45) is 5.73 Å². The summed E-state index contributed by atoms with van der Waals surface area (Å²) >= 11 is 1.72. The van der Waals surface area contributed by atoms with Crippen LogP contribution >= 0.6 is 11.8 Å². The van der Waals surface area contributed by atoms with Crippen LogP contribution < -0.4 is 5.73 Å². The maximum atomic E-state index is 7.17. The summed E-state index contributed by atoms with van der Waals surface area (Å²) < 4.78 is 0. The zero-order valence-corrected chi connectivity index (χ0v) is 8.40. The lowest BCUT2D eigenvalue weighted by Crippen LogP contribution is -2.11. The molecule has 0 fully saturated rings. The predicted octanol–water partition coefficient (Wildman–Crippen LogP) is 1.87. The maximum absolute atomic E-state index is 7.17.